The third-order valence-corrected chi connectivity index (χ3v) is 5.31. The first-order chi connectivity index (χ1) is 12.5. The Hall–Kier alpha value is -2.51. The summed E-state index contributed by atoms with van der Waals surface area (Å²) >= 11 is 5.10. The van der Waals surface area contributed by atoms with Crippen molar-refractivity contribution in [3.05, 3.63) is 63.1 Å². The Labute approximate surface area is 162 Å². The lowest BCUT2D eigenvalue weighted by atomic mass is 10.0. The Morgan fingerprint density at radius 3 is 2.77 bits per heavy atom. The van der Waals surface area contributed by atoms with E-state index in [4.69, 9.17) is 9.51 Å². The molecule has 0 fully saturated rings. The van der Waals surface area contributed by atoms with Gasteiger partial charge >= 0.3 is 0 Å². The molecule has 0 aliphatic heterocycles. The highest BCUT2D eigenvalue weighted by atomic mass is 79.9. The number of carbonyl (C=O) groups excluding carboxylic acids is 1. The van der Waals surface area contributed by atoms with E-state index < -0.39 is 0 Å². The molecule has 0 atom stereocenters. The van der Waals surface area contributed by atoms with Gasteiger partial charge in [-0.15, -0.1) is 11.3 Å². The van der Waals surface area contributed by atoms with E-state index in [2.05, 4.69) is 26.4 Å². The van der Waals surface area contributed by atoms with Crippen molar-refractivity contribution >= 4 is 49.9 Å². The van der Waals surface area contributed by atoms with Gasteiger partial charge in [0.15, 0.2) is 5.82 Å². The fourth-order valence-electron chi connectivity index (χ4n) is 2.80. The Morgan fingerprint density at radius 2 is 2.08 bits per heavy atom. The number of halogens is 1. The van der Waals surface area contributed by atoms with Crippen LogP contribution in [0.15, 0.2) is 50.8 Å². The minimum atomic E-state index is -0.249. The number of hydrogen-bond acceptors (Lipinski definition) is 5. The van der Waals surface area contributed by atoms with Crippen LogP contribution in [0.25, 0.3) is 21.5 Å². The highest BCUT2D eigenvalue weighted by Crippen LogP contribution is 2.31. The van der Waals surface area contributed by atoms with Gasteiger partial charge < -0.3 is 9.84 Å². The average molecular weight is 428 g/mol. The van der Waals surface area contributed by atoms with Gasteiger partial charge in [0.05, 0.1) is 21.7 Å². The van der Waals surface area contributed by atoms with Gasteiger partial charge in [0, 0.05) is 15.9 Å². The second kappa shape index (κ2) is 6.66. The second-order valence-electron chi connectivity index (χ2n) is 5.93. The van der Waals surface area contributed by atoms with E-state index in [9.17, 15) is 4.79 Å². The molecule has 0 spiro atoms. The Morgan fingerprint density at radius 1 is 1.23 bits per heavy atom. The zero-order valence-corrected chi connectivity index (χ0v) is 16.4. The molecule has 1 N–H and O–H groups in total. The van der Waals surface area contributed by atoms with Gasteiger partial charge in [-0.1, -0.05) is 27.2 Å². The summed E-state index contributed by atoms with van der Waals surface area (Å²) in [6, 6.07) is 11.4. The van der Waals surface area contributed by atoms with Crippen LogP contribution < -0.4 is 5.32 Å². The molecular weight excluding hydrogens is 414 g/mol. The molecule has 7 heteroatoms. The van der Waals surface area contributed by atoms with Gasteiger partial charge in [0.2, 0.25) is 0 Å². The van der Waals surface area contributed by atoms with Crippen LogP contribution in [0.3, 0.4) is 0 Å². The maximum atomic E-state index is 12.9. The number of amides is 1. The molecule has 1 amide bonds. The number of nitrogens with one attached hydrogen (secondary N) is 1. The van der Waals surface area contributed by atoms with Crippen molar-refractivity contribution in [2.45, 2.75) is 13.8 Å². The van der Waals surface area contributed by atoms with E-state index in [-0.39, 0.29) is 5.91 Å². The quantitative estimate of drug-likeness (QED) is 0.463. The van der Waals surface area contributed by atoms with Crippen LogP contribution in [0.1, 0.15) is 21.7 Å². The summed E-state index contributed by atoms with van der Waals surface area (Å²) < 4.78 is 5.93. The maximum absolute atomic E-state index is 12.9. The lowest BCUT2D eigenvalue weighted by Gasteiger charge is -2.11. The number of thiophene rings is 1. The summed E-state index contributed by atoms with van der Waals surface area (Å²) in [4.78, 5) is 18.8. The monoisotopic (exact) mass is 427 g/mol. The van der Waals surface area contributed by atoms with Crippen molar-refractivity contribution in [3.8, 4) is 10.6 Å². The number of carbonyl (C=O) groups is 1. The lowest BCUT2D eigenvalue weighted by Crippen LogP contribution is -2.13. The van der Waals surface area contributed by atoms with Gasteiger partial charge in [-0.05, 0) is 49.1 Å². The van der Waals surface area contributed by atoms with E-state index in [0.717, 1.165) is 31.5 Å². The molecule has 0 radical (unpaired) electrons. The van der Waals surface area contributed by atoms with Crippen LogP contribution in [0.2, 0.25) is 0 Å². The van der Waals surface area contributed by atoms with Crippen molar-refractivity contribution < 1.29 is 9.32 Å². The van der Waals surface area contributed by atoms with Gasteiger partial charge in [0.1, 0.15) is 5.76 Å². The fraction of sp³-hybridized carbons (Fsp3) is 0.105. The number of hydrogen-bond donors (Lipinski definition) is 1. The Bertz CT molecular complexity index is 1120. The summed E-state index contributed by atoms with van der Waals surface area (Å²) in [5, 5.41) is 9.42. The molecule has 0 saturated heterocycles. The van der Waals surface area contributed by atoms with Gasteiger partial charge in [-0.2, -0.15) is 0 Å². The van der Waals surface area contributed by atoms with Crippen LogP contribution in [0, 0.1) is 13.8 Å². The number of aromatic nitrogens is 2. The molecule has 3 aromatic heterocycles. The van der Waals surface area contributed by atoms with E-state index in [1.165, 1.54) is 0 Å². The van der Waals surface area contributed by atoms with E-state index in [1.54, 1.807) is 24.3 Å². The predicted molar refractivity (Wildman–Crippen MR) is 107 cm³/mol. The van der Waals surface area contributed by atoms with Gasteiger partial charge in [-0.3, -0.25) is 4.79 Å². The Balaban J connectivity index is 1.89. The molecule has 1 aromatic carbocycles. The molecule has 4 rings (SSSR count). The summed E-state index contributed by atoms with van der Waals surface area (Å²) in [5.41, 5.74) is 3.13. The third-order valence-electron chi connectivity index (χ3n) is 3.96. The van der Waals surface area contributed by atoms with E-state index in [0.29, 0.717) is 17.1 Å². The number of aryl methyl sites for hydroxylation is 2. The number of nitrogens with zero attached hydrogens (tertiary/aromatic N) is 2. The third kappa shape index (κ3) is 3.15. The highest BCUT2D eigenvalue weighted by Gasteiger charge is 2.17. The second-order valence-corrected chi connectivity index (χ2v) is 7.79. The normalized spacial score (nSPS) is 11.0. The summed E-state index contributed by atoms with van der Waals surface area (Å²) in [7, 11) is 0. The van der Waals surface area contributed by atoms with Crippen LogP contribution in [-0.2, 0) is 0 Å². The minimum Gasteiger partial charge on any atom is -0.360 e. The van der Waals surface area contributed by atoms with Crippen molar-refractivity contribution in [3.63, 3.8) is 0 Å². The van der Waals surface area contributed by atoms with Crippen molar-refractivity contribution in [1.82, 2.24) is 10.1 Å². The fourth-order valence-corrected chi connectivity index (χ4v) is 4.06. The highest BCUT2D eigenvalue weighted by molar-refractivity contribution is 9.10. The standard InChI is InChI=1S/C19H14BrN3O2S/c1-10-6-12(20)8-13-14(19(24)22-17-7-11(2)25-23-17)9-15(21-18(10)13)16-4-3-5-26-16/h3-9H,1-2H3,(H,22,23,24). The van der Waals surface area contributed by atoms with E-state index in [1.807, 2.05) is 42.6 Å². The van der Waals surface area contributed by atoms with Crippen molar-refractivity contribution in [2.75, 3.05) is 5.32 Å². The van der Waals surface area contributed by atoms with Crippen molar-refractivity contribution in [2.24, 2.45) is 0 Å². The maximum Gasteiger partial charge on any atom is 0.257 e. The number of fused-ring (bicyclic) bond motifs is 1. The molecule has 0 unspecified atom stereocenters. The SMILES string of the molecule is Cc1cc(NC(=O)c2cc(-c3cccs3)nc3c(C)cc(Br)cc23)no1. The zero-order chi connectivity index (χ0) is 18.3. The van der Waals surface area contributed by atoms with E-state index >= 15 is 0 Å². The molecule has 0 saturated carbocycles. The Kier molecular flexibility index (Phi) is 4.34. The number of pyridine rings is 1. The number of rotatable bonds is 3. The predicted octanol–water partition coefficient (Wildman–Crippen LogP) is 5.58. The van der Waals surface area contributed by atoms with Crippen LogP contribution in [-0.4, -0.2) is 16.0 Å². The molecule has 0 bridgehead atoms. The zero-order valence-electron chi connectivity index (χ0n) is 14.0. The molecule has 0 aliphatic carbocycles. The average Bonchev–Trinajstić information content (AvgIpc) is 3.26. The molecular formula is C19H14BrN3O2S. The van der Waals surface area contributed by atoms with Crippen LogP contribution >= 0.6 is 27.3 Å². The molecule has 130 valence electrons. The number of anilines is 1. The topological polar surface area (TPSA) is 68.0 Å². The summed E-state index contributed by atoms with van der Waals surface area (Å²) in [6.45, 7) is 3.76. The van der Waals surface area contributed by atoms with Gasteiger partial charge in [0.25, 0.3) is 5.91 Å². The number of benzene rings is 1. The van der Waals surface area contributed by atoms with Crippen LogP contribution in [0.4, 0.5) is 5.82 Å². The van der Waals surface area contributed by atoms with Crippen LogP contribution in [0.5, 0.6) is 0 Å². The first-order valence-electron chi connectivity index (χ1n) is 7.91. The molecule has 26 heavy (non-hydrogen) atoms. The summed E-state index contributed by atoms with van der Waals surface area (Å²) in [5.74, 6) is 0.778. The minimum absolute atomic E-state index is 0.249. The largest absolute Gasteiger partial charge is 0.360 e. The summed E-state index contributed by atoms with van der Waals surface area (Å²) in [6.07, 6.45) is 0. The molecule has 0 aliphatic rings. The molecule has 3 heterocycles. The molecule has 5 nitrogen and oxygen atoms in total. The van der Waals surface area contributed by atoms with Crippen molar-refractivity contribution in [1.29, 1.82) is 0 Å². The first-order valence-corrected chi connectivity index (χ1v) is 9.58. The molecule has 4 aromatic rings. The van der Waals surface area contributed by atoms with Gasteiger partial charge in [-0.25, -0.2) is 4.98 Å². The smallest absolute Gasteiger partial charge is 0.257 e. The first kappa shape index (κ1) is 16.9. The lowest BCUT2D eigenvalue weighted by molar-refractivity contribution is 0.102.